The Morgan fingerprint density at radius 1 is 0.909 bits per heavy atom. The van der Waals surface area contributed by atoms with Crippen molar-refractivity contribution in [3.05, 3.63) is 59.7 Å². The van der Waals surface area contributed by atoms with Crippen molar-refractivity contribution in [2.24, 2.45) is 5.92 Å². The molecule has 0 radical (unpaired) electrons. The maximum absolute atomic E-state index is 12.8. The number of alkyl carbamates (subject to hydrolysis) is 1. The Kier molecular flexibility index (Phi) is 7.71. The number of nitrogens with one attached hydrogen (secondary N) is 2. The number of carboxylic acid groups (broad SMARTS) is 1. The van der Waals surface area contributed by atoms with Crippen LogP contribution in [-0.2, 0) is 19.1 Å². The maximum Gasteiger partial charge on any atom is 0.407 e. The molecule has 3 atom stereocenters. The highest BCUT2D eigenvalue weighted by Gasteiger charge is 2.33. The van der Waals surface area contributed by atoms with Gasteiger partial charge in [0.2, 0.25) is 5.91 Å². The first kappa shape index (κ1) is 24.3. The summed E-state index contributed by atoms with van der Waals surface area (Å²) in [7, 11) is 1.40. The number of carbonyl (C=O) groups excluding carboxylic acids is 2. The lowest BCUT2D eigenvalue weighted by atomic mass is 9.98. The largest absolute Gasteiger partial charge is 0.480 e. The number of carbonyl (C=O) groups is 3. The van der Waals surface area contributed by atoms with Crippen LogP contribution in [0.3, 0.4) is 0 Å². The number of amides is 2. The lowest BCUT2D eigenvalue weighted by Crippen LogP contribution is -2.57. The van der Waals surface area contributed by atoms with Crippen LogP contribution in [0.5, 0.6) is 0 Å². The van der Waals surface area contributed by atoms with Crippen LogP contribution in [0.4, 0.5) is 4.79 Å². The maximum atomic E-state index is 12.8. The van der Waals surface area contributed by atoms with Crippen LogP contribution >= 0.6 is 0 Å². The molecule has 0 heterocycles. The van der Waals surface area contributed by atoms with Crippen LogP contribution in [-0.4, -0.2) is 55.0 Å². The van der Waals surface area contributed by atoms with E-state index in [1.807, 2.05) is 48.5 Å². The highest BCUT2D eigenvalue weighted by atomic mass is 16.5. The topological polar surface area (TPSA) is 114 Å². The van der Waals surface area contributed by atoms with Crippen LogP contribution in [0.25, 0.3) is 11.1 Å². The van der Waals surface area contributed by atoms with Gasteiger partial charge in [0.25, 0.3) is 0 Å². The van der Waals surface area contributed by atoms with Gasteiger partial charge in [-0.25, -0.2) is 9.59 Å². The van der Waals surface area contributed by atoms with E-state index >= 15 is 0 Å². The molecular formula is C25H30N2O6. The quantitative estimate of drug-likeness (QED) is 0.536. The Bertz CT molecular complexity index is 976. The molecule has 0 aromatic heterocycles. The number of ether oxygens (including phenoxy) is 2. The van der Waals surface area contributed by atoms with Crippen LogP contribution in [0.1, 0.15) is 37.8 Å². The highest BCUT2D eigenvalue weighted by molar-refractivity contribution is 5.90. The number of benzene rings is 2. The molecule has 0 fully saturated rings. The molecule has 1 aliphatic carbocycles. The van der Waals surface area contributed by atoms with Crippen molar-refractivity contribution in [1.29, 1.82) is 0 Å². The number of hydrogen-bond donors (Lipinski definition) is 3. The van der Waals surface area contributed by atoms with E-state index < -0.39 is 36.2 Å². The van der Waals surface area contributed by atoms with Gasteiger partial charge in [0.15, 0.2) is 0 Å². The van der Waals surface area contributed by atoms with Gasteiger partial charge in [0.05, 0.1) is 6.10 Å². The Hall–Kier alpha value is -3.39. The molecule has 2 amide bonds. The Morgan fingerprint density at radius 3 is 1.94 bits per heavy atom. The van der Waals surface area contributed by atoms with E-state index in [1.165, 1.54) is 7.11 Å². The van der Waals surface area contributed by atoms with Crippen molar-refractivity contribution in [2.45, 2.75) is 44.9 Å². The third-order valence-corrected chi connectivity index (χ3v) is 5.97. The molecule has 3 rings (SSSR count). The number of hydrogen-bond acceptors (Lipinski definition) is 5. The second-order valence-electron chi connectivity index (χ2n) is 8.46. The van der Waals surface area contributed by atoms with E-state index in [2.05, 4.69) is 10.6 Å². The van der Waals surface area contributed by atoms with Gasteiger partial charge in [0, 0.05) is 13.0 Å². The first-order valence-corrected chi connectivity index (χ1v) is 10.9. The summed E-state index contributed by atoms with van der Waals surface area (Å²) in [5.41, 5.74) is 4.38. The van der Waals surface area contributed by atoms with Crippen molar-refractivity contribution >= 4 is 18.0 Å². The standard InChI is InChI=1S/C25H30N2O6/c1-14(2)21(24(29)30)26-23(28)22(15(3)32-4)27-25(31)33-13-20-18-11-7-5-9-16(18)17-10-6-8-12-19(17)20/h5-12,14-15,20-22H,13H2,1-4H3,(H,26,28)(H,27,31)(H,29,30)/t15-,21+,22+/m1/s1. The van der Waals surface area contributed by atoms with Crippen molar-refractivity contribution < 1.29 is 29.0 Å². The van der Waals surface area contributed by atoms with E-state index in [4.69, 9.17) is 9.47 Å². The Morgan fingerprint density at radius 2 is 1.45 bits per heavy atom. The molecule has 1 aliphatic rings. The second-order valence-corrected chi connectivity index (χ2v) is 8.46. The molecule has 3 N–H and O–H groups in total. The van der Waals surface area contributed by atoms with Crippen LogP contribution in [0.15, 0.2) is 48.5 Å². The third kappa shape index (κ3) is 5.34. The van der Waals surface area contributed by atoms with E-state index in [0.717, 1.165) is 22.3 Å². The summed E-state index contributed by atoms with van der Waals surface area (Å²) in [6, 6.07) is 13.8. The fourth-order valence-corrected chi connectivity index (χ4v) is 4.06. The molecule has 2 aromatic rings. The SMILES string of the molecule is CO[C@H](C)[C@H](NC(=O)OCC1c2ccccc2-c2ccccc21)C(=O)N[C@H](C(=O)O)C(C)C. The van der Waals surface area contributed by atoms with E-state index in [9.17, 15) is 19.5 Å². The van der Waals surface area contributed by atoms with Crippen molar-refractivity contribution in [2.75, 3.05) is 13.7 Å². The van der Waals surface area contributed by atoms with Gasteiger partial charge in [-0.1, -0.05) is 62.4 Å². The first-order valence-electron chi connectivity index (χ1n) is 10.9. The molecule has 8 heteroatoms. The number of rotatable bonds is 9. The summed E-state index contributed by atoms with van der Waals surface area (Å²) in [6.45, 7) is 5.08. The fourth-order valence-electron chi connectivity index (χ4n) is 4.06. The van der Waals surface area contributed by atoms with Crippen LogP contribution in [0.2, 0.25) is 0 Å². The van der Waals surface area contributed by atoms with Gasteiger partial charge in [-0.2, -0.15) is 0 Å². The van der Waals surface area contributed by atoms with E-state index in [0.29, 0.717) is 0 Å². The zero-order valence-electron chi connectivity index (χ0n) is 19.2. The summed E-state index contributed by atoms with van der Waals surface area (Å²) in [6.07, 6.45) is -1.48. The molecule has 8 nitrogen and oxygen atoms in total. The summed E-state index contributed by atoms with van der Waals surface area (Å²) >= 11 is 0. The number of carboxylic acids is 1. The van der Waals surface area contributed by atoms with Gasteiger partial charge < -0.3 is 25.2 Å². The molecule has 0 spiro atoms. The van der Waals surface area contributed by atoms with E-state index in [1.54, 1.807) is 20.8 Å². The fraction of sp³-hybridized carbons (Fsp3) is 0.400. The van der Waals surface area contributed by atoms with E-state index in [-0.39, 0.29) is 18.4 Å². The summed E-state index contributed by atoms with van der Waals surface area (Å²) in [4.78, 5) is 36.8. The molecule has 0 saturated carbocycles. The molecule has 0 unspecified atom stereocenters. The summed E-state index contributed by atoms with van der Waals surface area (Å²) in [5, 5.41) is 14.4. The van der Waals surface area contributed by atoms with Crippen LogP contribution in [0, 0.1) is 5.92 Å². The normalized spacial score (nSPS) is 15.2. The molecule has 176 valence electrons. The smallest absolute Gasteiger partial charge is 0.407 e. The number of methoxy groups -OCH3 is 1. The van der Waals surface area contributed by atoms with Gasteiger partial charge >= 0.3 is 12.1 Å². The Labute approximate surface area is 193 Å². The summed E-state index contributed by atoms with van der Waals surface area (Å²) in [5.74, 6) is -2.26. The molecule has 0 bridgehead atoms. The van der Waals surface area contributed by atoms with Gasteiger partial charge in [0.1, 0.15) is 18.7 Å². The zero-order chi connectivity index (χ0) is 24.1. The second kappa shape index (κ2) is 10.5. The molecule has 2 aromatic carbocycles. The predicted molar refractivity (Wildman–Crippen MR) is 123 cm³/mol. The average Bonchev–Trinajstić information content (AvgIpc) is 3.12. The molecule has 0 aliphatic heterocycles. The molecule has 0 saturated heterocycles. The minimum absolute atomic E-state index is 0.0965. The van der Waals surface area contributed by atoms with Gasteiger partial charge in [-0.15, -0.1) is 0 Å². The lowest BCUT2D eigenvalue weighted by Gasteiger charge is -2.26. The summed E-state index contributed by atoms with van der Waals surface area (Å²) < 4.78 is 10.7. The monoisotopic (exact) mass is 454 g/mol. The number of fused-ring (bicyclic) bond motifs is 3. The first-order chi connectivity index (χ1) is 15.7. The predicted octanol–water partition coefficient (Wildman–Crippen LogP) is 3.15. The van der Waals surface area contributed by atoms with Crippen molar-refractivity contribution in [3.8, 4) is 11.1 Å². The van der Waals surface area contributed by atoms with Crippen molar-refractivity contribution in [3.63, 3.8) is 0 Å². The van der Waals surface area contributed by atoms with Gasteiger partial charge in [-0.3, -0.25) is 4.79 Å². The minimum atomic E-state index is -1.15. The zero-order valence-corrected chi connectivity index (χ0v) is 19.2. The van der Waals surface area contributed by atoms with Crippen LogP contribution < -0.4 is 10.6 Å². The average molecular weight is 455 g/mol. The molecular weight excluding hydrogens is 424 g/mol. The minimum Gasteiger partial charge on any atom is -0.480 e. The highest BCUT2D eigenvalue weighted by Crippen LogP contribution is 2.44. The Balaban J connectivity index is 1.69. The molecule has 33 heavy (non-hydrogen) atoms. The lowest BCUT2D eigenvalue weighted by molar-refractivity contribution is -0.144. The third-order valence-electron chi connectivity index (χ3n) is 5.97. The van der Waals surface area contributed by atoms with Gasteiger partial charge in [-0.05, 0) is 35.1 Å². The van der Waals surface area contributed by atoms with Crippen molar-refractivity contribution in [1.82, 2.24) is 10.6 Å². The number of aliphatic carboxylic acids is 1.